The molecule has 0 atom stereocenters. The summed E-state index contributed by atoms with van der Waals surface area (Å²) in [4.78, 5) is 22.1. The number of carbonyl (C=O) groups excluding carboxylic acids is 1. The molecule has 6 rings (SSSR count). The van der Waals surface area contributed by atoms with Crippen LogP contribution in [0.25, 0.3) is 10.2 Å². The summed E-state index contributed by atoms with van der Waals surface area (Å²) in [6.07, 6.45) is 1.64. The Labute approximate surface area is 237 Å². The molecule has 3 heterocycles. The van der Waals surface area contributed by atoms with E-state index in [0.717, 1.165) is 65.6 Å². The topological polar surface area (TPSA) is 85.9 Å². The molecule has 1 N–H and O–H groups in total. The van der Waals surface area contributed by atoms with Crippen LogP contribution in [0.4, 0.5) is 15.2 Å². The quantitative estimate of drug-likeness (QED) is 0.355. The van der Waals surface area contributed by atoms with Gasteiger partial charge in [0.05, 0.1) is 20.8 Å². The minimum Gasteiger partial charge on any atom is -0.351 e. The molecule has 4 aromatic rings. The first-order chi connectivity index (χ1) is 19.4. The maximum Gasteiger partial charge on any atom is 0.264 e. The van der Waals surface area contributed by atoms with Crippen molar-refractivity contribution >= 4 is 48.3 Å². The van der Waals surface area contributed by atoms with Gasteiger partial charge < -0.3 is 10.2 Å². The third-order valence-electron chi connectivity index (χ3n) is 7.47. The fourth-order valence-electron chi connectivity index (χ4n) is 5.27. The number of piperazine rings is 1. The zero-order valence-corrected chi connectivity index (χ0v) is 23.6. The number of rotatable bonds is 7. The predicted molar refractivity (Wildman–Crippen MR) is 156 cm³/mol. The molecule has 1 amide bonds. The second-order valence-electron chi connectivity index (χ2n) is 10.0. The minimum absolute atomic E-state index is 0.178. The Bertz CT molecular complexity index is 1630. The van der Waals surface area contributed by atoms with Crippen molar-refractivity contribution in [2.75, 3.05) is 55.0 Å². The van der Waals surface area contributed by atoms with Gasteiger partial charge in [0.25, 0.3) is 15.9 Å². The highest BCUT2D eigenvalue weighted by atomic mass is 32.2. The molecule has 3 aromatic carbocycles. The van der Waals surface area contributed by atoms with Crippen LogP contribution in [0.1, 0.15) is 22.3 Å². The summed E-state index contributed by atoms with van der Waals surface area (Å²) in [5.41, 5.74) is 3.00. The van der Waals surface area contributed by atoms with E-state index in [1.165, 1.54) is 39.9 Å². The Hall–Kier alpha value is -3.54. The minimum atomic E-state index is -3.71. The molecule has 2 aliphatic heterocycles. The van der Waals surface area contributed by atoms with E-state index in [2.05, 4.69) is 20.1 Å². The molecule has 0 aliphatic carbocycles. The third-order valence-corrected chi connectivity index (χ3v) is 10.4. The molecule has 1 fully saturated rings. The largest absolute Gasteiger partial charge is 0.351 e. The second kappa shape index (κ2) is 11.1. The van der Waals surface area contributed by atoms with E-state index in [1.54, 1.807) is 18.2 Å². The number of aryl methyl sites for hydroxylation is 1. The third kappa shape index (κ3) is 5.41. The van der Waals surface area contributed by atoms with E-state index in [4.69, 9.17) is 0 Å². The molecule has 1 saturated heterocycles. The first-order valence-electron chi connectivity index (χ1n) is 13.4. The summed E-state index contributed by atoms with van der Waals surface area (Å²) in [5.74, 6) is -0.480. The molecule has 1 aromatic heterocycles. The highest BCUT2D eigenvalue weighted by molar-refractivity contribution is 7.92. The molecule has 2 aliphatic rings. The van der Waals surface area contributed by atoms with Crippen molar-refractivity contribution in [2.45, 2.75) is 17.7 Å². The lowest BCUT2D eigenvalue weighted by molar-refractivity contribution is 0.0947. The highest BCUT2D eigenvalue weighted by Gasteiger charge is 2.29. The first kappa shape index (κ1) is 26.7. The molecule has 0 bridgehead atoms. The van der Waals surface area contributed by atoms with Crippen LogP contribution in [0, 0.1) is 5.82 Å². The van der Waals surface area contributed by atoms with Crippen LogP contribution in [-0.4, -0.2) is 70.0 Å². The zero-order chi connectivity index (χ0) is 27.7. The fraction of sp³-hybridized carbons (Fsp3) is 0.310. The van der Waals surface area contributed by atoms with Gasteiger partial charge in [-0.3, -0.25) is 14.0 Å². The zero-order valence-electron chi connectivity index (χ0n) is 21.9. The lowest BCUT2D eigenvalue weighted by Crippen LogP contribution is -2.48. The van der Waals surface area contributed by atoms with Gasteiger partial charge in [0.1, 0.15) is 5.82 Å². The van der Waals surface area contributed by atoms with Gasteiger partial charge in [-0.15, -0.1) is 0 Å². The Morgan fingerprint density at radius 2 is 1.75 bits per heavy atom. The van der Waals surface area contributed by atoms with Crippen LogP contribution in [0.15, 0.2) is 71.6 Å². The Morgan fingerprint density at radius 3 is 2.55 bits per heavy atom. The number of sulfonamides is 1. The van der Waals surface area contributed by atoms with Crippen LogP contribution >= 0.6 is 11.3 Å². The van der Waals surface area contributed by atoms with Gasteiger partial charge in [-0.05, 0) is 66.9 Å². The number of anilines is 2. The number of para-hydroxylation sites is 1. The fourth-order valence-corrected chi connectivity index (χ4v) is 7.85. The number of hydrogen-bond acceptors (Lipinski definition) is 7. The lowest BCUT2D eigenvalue weighted by atomic mass is 10.0. The molecule has 0 saturated carbocycles. The first-order valence-corrected chi connectivity index (χ1v) is 15.7. The van der Waals surface area contributed by atoms with Gasteiger partial charge in [0, 0.05) is 51.4 Å². The van der Waals surface area contributed by atoms with Crippen LogP contribution in [0.3, 0.4) is 0 Å². The number of carbonyl (C=O) groups is 1. The van der Waals surface area contributed by atoms with Crippen LogP contribution in [0.2, 0.25) is 0 Å². The second-order valence-corrected chi connectivity index (χ2v) is 12.9. The maximum absolute atomic E-state index is 13.5. The summed E-state index contributed by atoms with van der Waals surface area (Å²) in [5, 5.41) is 3.85. The number of nitrogens with zero attached hydrogens (tertiary/aromatic N) is 4. The van der Waals surface area contributed by atoms with Crippen molar-refractivity contribution in [1.82, 2.24) is 15.2 Å². The number of thiazole rings is 1. The molecule has 40 heavy (non-hydrogen) atoms. The van der Waals surface area contributed by atoms with Crippen LogP contribution < -0.4 is 14.5 Å². The number of nitrogens with one attached hydrogen (secondary N) is 1. The molecular formula is C29H30FN5O3S2. The van der Waals surface area contributed by atoms with Crippen molar-refractivity contribution in [3.63, 3.8) is 0 Å². The molecule has 0 unspecified atom stereocenters. The molecule has 11 heteroatoms. The summed E-state index contributed by atoms with van der Waals surface area (Å²) >= 11 is 1.50. The van der Waals surface area contributed by atoms with Crippen molar-refractivity contribution in [3.8, 4) is 0 Å². The van der Waals surface area contributed by atoms with E-state index in [-0.39, 0.29) is 16.6 Å². The van der Waals surface area contributed by atoms with Crippen LogP contribution in [-0.2, 0) is 16.4 Å². The number of amides is 1. The van der Waals surface area contributed by atoms with Crippen molar-refractivity contribution in [1.29, 1.82) is 0 Å². The lowest BCUT2D eigenvalue weighted by Gasteiger charge is -2.34. The number of fused-ring (bicyclic) bond motifs is 2. The average Bonchev–Trinajstić information content (AvgIpc) is 3.40. The average molecular weight is 580 g/mol. The Balaban J connectivity index is 0.999. The highest BCUT2D eigenvalue weighted by Crippen LogP contribution is 2.32. The van der Waals surface area contributed by atoms with Gasteiger partial charge in [-0.2, -0.15) is 0 Å². The molecule has 8 nitrogen and oxygen atoms in total. The van der Waals surface area contributed by atoms with Gasteiger partial charge in [-0.25, -0.2) is 17.8 Å². The smallest absolute Gasteiger partial charge is 0.264 e. The van der Waals surface area contributed by atoms with Gasteiger partial charge >= 0.3 is 0 Å². The Morgan fingerprint density at radius 1 is 0.975 bits per heavy atom. The summed E-state index contributed by atoms with van der Waals surface area (Å²) in [6, 6.07) is 18.4. The van der Waals surface area contributed by atoms with Gasteiger partial charge in [0.2, 0.25) is 0 Å². The van der Waals surface area contributed by atoms with Gasteiger partial charge in [-0.1, -0.05) is 29.5 Å². The molecule has 0 spiro atoms. The normalized spacial score (nSPS) is 16.2. The summed E-state index contributed by atoms with van der Waals surface area (Å²) < 4.78 is 42.5. The maximum atomic E-state index is 13.5. The van der Waals surface area contributed by atoms with E-state index < -0.39 is 10.0 Å². The van der Waals surface area contributed by atoms with Crippen molar-refractivity contribution in [3.05, 3.63) is 83.7 Å². The van der Waals surface area contributed by atoms with Gasteiger partial charge in [0.15, 0.2) is 5.13 Å². The SMILES string of the molecule is O=C(NCCN1CCN(c2nc3ccc(F)cc3s2)CC1)c1ccc(S(=O)(=O)N2CCCc3ccccc32)cc1. The molecular weight excluding hydrogens is 549 g/mol. The number of benzene rings is 3. The monoisotopic (exact) mass is 579 g/mol. The van der Waals surface area contributed by atoms with Crippen molar-refractivity contribution < 1.29 is 17.6 Å². The van der Waals surface area contributed by atoms with E-state index in [9.17, 15) is 17.6 Å². The van der Waals surface area contributed by atoms with Crippen LogP contribution in [0.5, 0.6) is 0 Å². The molecule has 0 radical (unpaired) electrons. The summed E-state index contributed by atoms with van der Waals surface area (Å²) in [7, 11) is -3.71. The standard InChI is InChI=1S/C29H30FN5O3S2/c30-23-9-12-25-27(20-23)39-29(32-25)34-18-16-33(17-19-34)15-13-31-28(36)22-7-10-24(11-8-22)40(37,38)35-14-3-5-21-4-1-2-6-26(21)35/h1-2,4,6-12,20H,3,5,13-19H2,(H,31,36). The number of hydrogen-bond donors (Lipinski definition) is 1. The number of halogens is 1. The number of aromatic nitrogens is 1. The van der Waals surface area contributed by atoms with Crippen molar-refractivity contribution in [2.24, 2.45) is 0 Å². The van der Waals surface area contributed by atoms with E-state index in [0.29, 0.717) is 25.2 Å². The van der Waals surface area contributed by atoms with E-state index in [1.807, 2.05) is 24.3 Å². The van der Waals surface area contributed by atoms with E-state index >= 15 is 0 Å². The Kier molecular flexibility index (Phi) is 7.43. The summed E-state index contributed by atoms with van der Waals surface area (Å²) in [6.45, 7) is 4.95. The predicted octanol–water partition coefficient (Wildman–Crippen LogP) is 4.13. The molecule has 208 valence electrons.